The molecular weight excluding hydrogens is 336 g/mol. The van der Waals surface area contributed by atoms with Gasteiger partial charge in [0.15, 0.2) is 6.10 Å². The Bertz CT molecular complexity index is 526. The molecule has 146 valence electrons. The molecule has 1 aromatic carbocycles. The summed E-state index contributed by atoms with van der Waals surface area (Å²) in [5, 5.41) is 8.77. The lowest BCUT2D eigenvalue weighted by atomic mass is 10.0. The van der Waals surface area contributed by atoms with E-state index in [1.807, 2.05) is 24.3 Å². The standard InChI is InChI=1S/C20H30O6/c1-24-19(22)8-6-7-16-9-11-17(12-10-16)15-18(20(23)25-2)26-14-5-3-4-13-21/h9-12,18,21H,3-8,13-15H2,1-2H3. The minimum atomic E-state index is -0.626. The van der Waals surface area contributed by atoms with Gasteiger partial charge in [0.05, 0.1) is 14.2 Å². The van der Waals surface area contributed by atoms with Crippen LogP contribution in [0.15, 0.2) is 24.3 Å². The lowest BCUT2D eigenvalue weighted by molar-refractivity contribution is -0.154. The molecule has 0 aliphatic carbocycles. The van der Waals surface area contributed by atoms with Gasteiger partial charge in [-0.15, -0.1) is 0 Å². The van der Waals surface area contributed by atoms with Gasteiger partial charge in [0.25, 0.3) is 0 Å². The Morgan fingerprint density at radius 2 is 1.65 bits per heavy atom. The summed E-state index contributed by atoms with van der Waals surface area (Å²) in [4.78, 5) is 23.0. The average molecular weight is 366 g/mol. The summed E-state index contributed by atoms with van der Waals surface area (Å²) in [5.74, 6) is -0.576. The van der Waals surface area contributed by atoms with E-state index in [0.717, 1.165) is 43.2 Å². The van der Waals surface area contributed by atoms with Crippen molar-refractivity contribution in [1.29, 1.82) is 0 Å². The topological polar surface area (TPSA) is 82.1 Å². The third-order valence-corrected chi connectivity index (χ3v) is 4.10. The number of benzene rings is 1. The average Bonchev–Trinajstić information content (AvgIpc) is 2.67. The summed E-state index contributed by atoms with van der Waals surface area (Å²) < 4.78 is 15.1. The molecule has 0 spiro atoms. The number of aliphatic hydroxyl groups excluding tert-OH is 1. The molecular formula is C20H30O6. The molecule has 26 heavy (non-hydrogen) atoms. The van der Waals surface area contributed by atoms with Crippen molar-refractivity contribution in [3.8, 4) is 0 Å². The van der Waals surface area contributed by atoms with Crippen LogP contribution in [-0.2, 0) is 36.6 Å². The molecule has 6 heteroatoms. The number of rotatable bonds is 13. The highest BCUT2D eigenvalue weighted by Gasteiger charge is 2.20. The van der Waals surface area contributed by atoms with Crippen molar-refractivity contribution in [3.63, 3.8) is 0 Å². The minimum Gasteiger partial charge on any atom is -0.469 e. The predicted molar refractivity (Wildman–Crippen MR) is 97.8 cm³/mol. The molecule has 1 atom stereocenters. The van der Waals surface area contributed by atoms with E-state index in [0.29, 0.717) is 19.4 Å². The second kappa shape index (κ2) is 13.3. The number of ether oxygens (including phenoxy) is 3. The Kier molecular flexibility index (Phi) is 11.3. The maximum absolute atomic E-state index is 11.9. The fraction of sp³-hybridized carbons (Fsp3) is 0.600. The van der Waals surface area contributed by atoms with Crippen LogP contribution in [0.3, 0.4) is 0 Å². The van der Waals surface area contributed by atoms with E-state index in [9.17, 15) is 9.59 Å². The fourth-order valence-electron chi connectivity index (χ4n) is 2.55. The van der Waals surface area contributed by atoms with Crippen molar-refractivity contribution in [1.82, 2.24) is 0 Å². The zero-order valence-corrected chi connectivity index (χ0v) is 15.7. The molecule has 0 radical (unpaired) electrons. The maximum atomic E-state index is 11.9. The van der Waals surface area contributed by atoms with Crippen LogP contribution in [0, 0.1) is 0 Å². The number of carbonyl (C=O) groups is 2. The lowest BCUT2D eigenvalue weighted by Gasteiger charge is -2.16. The molecule has 0 fully saturated rings. The highest BCUT2D eigenvalue weighted by atomic mass is 16.6. The smallest absolute Gasteiger partial charge is 0.335 e. The molecule has 0 aliphatic heterocycles. The van der Waals surface area contributed by atoms with Crippen LogP contribution in [0.4, 0.5) is 0 Å². The number of aliphatic hydroxyl groups is 1. The number of hydrogen-bond acceptors (Lipinski definition) is 6. The Morgan fingerprint density at radius 1 is 0.962 bits per heavy atom. The van der Waals surface area contributed by atoms with Gasteiger partial charge in [0.2, 0.25) is 0 Å². The lowest BCUT2D eigenvalue weighted by Crippen LogP contribution is -2.28. The van der Waals surface area contributed by atoms with E-state index < -0.39 is 6.10 Å². The Labute approximate surface area is 155 Å². The van der Waals surface area contributed by atoms with E-state index in [4.69, 9.17) is 14.6 Å². The molecule has 0 amide bonds. The van der Waals surface area contributed by atoms with E-state index in [-0.39, 0.29) is 18.5 Å². The summed E-state index contributed by atoms with van der Waals surface area (Å²) in [6.07, 6.45) is 4.19. The van der Waals surface area contributed by atoms with Gasteiger partial charge in [0.1, 0.15) is 0 Å². The molecule has 0 aliphatic rings. The number of esters is 2. The van der Waals surface area contributed by atoms with E-state index in [1.165, 1.54) is 14.2 Å². The molecule has 0 saturated heterocycles. The molecule has 0 heterocycles. The first kappa shape index (κ1) is 22.1. The summed E-state index contributed by atoms with van der Waals surface area (Å²) in [6, 6.07) is 7.95. The number of methoxy groups -OCH3 is 2. The molecule has 1 N–H and O–H groups in total. The van der Waals surface area contributed by atoms with Crippen molar-refractivity contribution in [2.24, 2.45) is 0 Å². The third-order valence-electron chi connectivity index (χ3n) is 4.10. The van der Waals surface area contributed by atoms with Crippen molar-refractivity contribution in [2.75, 3.05) is 27.4 Å². The monoisotopic (exact) mass is 366 g/mol. The van der Waals surface area contributed by atoms with E-state index in [1.54, 1.807) is 0 Å². The van der Waals surface area contributed by atoms with Crippen molar-refractivity contribution >= 4 is 11.9 Å². The van der Waals surface area contributed by atoms with Crippen LogP contribution in [0.2, 0.25) is 0 Å². The Balaban J connectivity index is 2.48. The highest BCUT2D eigenvalue weighted by Crippen LogP contribution is 2.13. The molecule has 0 saturated carbocycles. The van der Waals surface area contributed by atoms with Gasteiger partial charge < -0.3 is 19.3 Å². The van der Waals surface area contributed by atoms with Gasteiger partial charge in [-0.05, 0) is 43.2 Å². The summed E-state index contributed by atoms with van der Waals surface area (Å²) in [7, 11) is 2.75. The van der Waals surface area contributed by atoms with Gasteiger partial charge >= 0.3 is 11.9 Å². The molecule has 1 rings (SSSR count). The minimum absolute atomic E-state index is 0.173. The maximum Gasteiger partial charge on any atom is 0.335 e. The highest BCUT2D eigenvalue weighted by molar-refractivity contribution is 5.75. The second-order valence-electron chi connectivity index (χ2n) is 6.12. The zero-order valence-electron chi connectivity index (χ0n) is 15.7. The Morgan fingerprint density at radius 3 is 2.27 bits per heavy atom. The number of aryl methyl sites for hydroxylation is 1. The van der Waals surface area contributed by atoms with E-state index in [2.05, 4.69) is 4.74 Å². The van der Waals surface area contributed by atoms with Crippen LogP contribution in [0.25, 0.3) is 0 Å². The summed E-state index contributed by atoms with van der Waals surface area (Å²) >= 11 is 0. The first-order chi connectivity index (χ1) is 12.6. The van der Waals surface area contributed by atoms with Gasteiger partial charge in [-0.3, -0.25) is 4.79 Å². The van der Waals surface area contributed by atoms with Crippen LogP contribution in [-0.4, -0.2) is 50.6 Å². The number of carbonyl (C=O) groups excluding carboxylic acids is 2. The van der Waals surface area contributed by atoms with Gasteiger partial charge in [0, 0.05) is 26.1 Å². The van der Waals surface area contributed by atoms with Crippen LogP contribution in [0.5, 0.6) is 0 Å². The van der Waals surface area contributed by atoms with E-state index >= 15 is 0 Å². The first-order valence-electron chi connectivity index (χ1n) is 9.05. The summed E-state index contributed by atoms with van der Waals surface area (Å²) in [5.41, 5.74) is 2.13. The van der Waals surface area contributed by atoms with Crippen molar-refractivity contribution < 1.29 is 28.9 Å². The third kappa shape index (κ3) is 8.97. The van der Waals surface area contributed by atoms with Crippen LogP contribution >= 0.6 is 0 Å². The quantitative estimate of drug-likeness (QED) is 0.427. The van der Waals surface area contributed by atoms with Gasteiger partial charge in [-0.2, -0.15) is 0 Å². The predicted octanol–water partition coefficient (Wildman–Crippen LogP) is 2.45. The molecule has 1 aromatic rings. The molecule has 6 nitrogen and oxygen atoms in total. The van der Waals surface area contributed by atoms with Crippen molar-refractivity contribution in [3.05, 3.63) is 35.4 Å². The number of unbranched alkanes of at least 4 members (excludes halogenated alkanes) is 2. The fourth-order valence-corrected chi connectivity index (χ4v) is 2.55. The number of hydrogen-bond donors (Lipinski definition) is 1. The molecule has 0 aromatic heterocycles. The van der Waals surface area contributed by atoms with Crippen molar-refractivity contribution in [2.45, 2.75) is 51.0 Å². The molecule has 0 bridgehead atoms. The Hall–Kier alpha value is -1.92. The SMILES string of the molecule is COC(=O)CCCc1ccc(CC(OCCCCCO)C(=O)OC)cc1. The largest absolute Gasteiger partial charge is 0.469 e. The van der Waals surface area contributed by atoms with Crippen LogP contribution in [0.1, 0.15) is 43.2 Å². The first-order valence-corrected chi connectivity index (χ1v) is 9.05. The summed E-state index contributed by atoms with van der Waals surface area (Å²) in [6.45, 7) is 0.637. The van der Waals surface area contributed by atoms with Crippen LogP contribution < -0.4 is 0 Å². The zero-order chi connectivity index (χ0) is 19.2. The second-order valence-corrected chi connectivity index (χ2v) is 6.12. The van der Waals surface area contributed by atoms with Gasteiger partial charge in [-0.25, -0.2) is 4.79 Å². The molecule has 1 unspecified atom stereocenters. The van der Waals surface area contributed by atoms with Gasteiger partial charge in [-0.1, -0.05) is 24.3 Å². The normalized spacial score (nSPS) is 11.8.